The molecular formula is C24H25FN10. The molecule has 2 bridgehead atoms. The van der Waals surface area contributed by atoms with Crippen LogP contribution in [0, 0.1) is 17.7 Å². The van der Waals surface area contributed by atoms with Crippen LogP contribution in [0.4, 0.5) is 27.5 Å². The smallest absolute Gasteiger partial charge is 0.231 e. The van der Waals surface area contributed by atoms with E-state index in [0.29, 0.717) is 29.1 Å². The number of piperidine rings is 1. The third kappa shape index (κ3) is 2.97. The van der Waals surface area contributed by atoms with Gasteiger partial charge < -0.3 is 26.3 Å². The lowest BCUT2D eigenvalue weighted by Gasteiger charge is -2.31. The number of halogens is 1. The van der Waals surface area contributed by atoms with Gasteiger partial charge in [-0.05, 0) is 30.4 Å². The van der Waals surface area contributed by atoms with E-state index in [-0.39, 0.29) is 17.9 Å². The van der Waals surface area contributed by atoms with E-state index < -0.39 is 0 Å². The Labute approximate surface area is 199 Å². The highest BCUT2D eigenvalue weighted by molar-refractivity contribution is 6.15. The van der Waals surface area contributed by atoms with Crippen LogP contribution in [0.3, 0.4) is 0 Å². The van der Waals surface area contributed by atoms with E-state index in [9.17, 15) is 4.39 Å². The molecule has 178 valence electrons. The maximum atomic E-state index is 14.6. The zero-order valence-electron chi connectivity index (χ0n) is 19.3. The van der Waals surface area contributed by atoms with Gasteiger partial charge in [0, 0.05) is 49.5 Å². The fourth-order valence-corrected chi connectivity index (χ4v) is 5.98. The Hall–Kier alpha value is -3.99. The van der Waals surface area contributed by atoms with Crippen molar-refractivity contribution in [2.75, 3.05) is 29.1 Å². The zero-order chi connectivity index (χ0) is 23.8. The molecule has 2 aliphatic rings. The number of nitrogens with two attached hydrogens (primary N) is 1. The van der Waals surface area contributed by atoms with Crippen LogP contribution in [0.15, 0.2) is 36.8 Å². The van der Waals surface area contributed by atoms with Crippen LogP contribution in [-0.4, -0.2) is 55.2 Å². The van der Waals surface area contributed by atoms with Crippen LogP contribution >= 0.6 is 0 Å². The van der Waals surface area contributed by atoms with Crippen molar-refractivity contribution >= 4 is 50.7 Å². The van der Waals surface area contributed by atoms with Crippen molar-refractivity contribution in [1.82, 2.24) is 29.5 Å². The van der Waals surface area contributed by atoms with Crippen LogP contribution in [0.2, 0.25) is 0 Å². The summed E-state index contributed by atoms with van der Waals surface area (Å²) in [6.45, 7) is 3.08. The van der Waals surface area contributed by atoms with Crippen molar-refractivity contribution in [3.8, 4) is 0 Å². The number of aromatic amines is 1. The molecule has 7 rings (SSSR count). The Balaban J connectivity index is 1.42. The lowest BCUT2D eigenvalue weighted by molar-refractivity contribution is 0.436. The first-order valence-corrected chi connectivity index (χ1v) is 11.8. The summed E-state index contributed by atoms with van der Waals surface area (Å²) < 4.78 is 16.3. The number of H-pyrrole nitrogens is 1. The summed E-state index contributed by atoms with van der Waals surface area (Å²) in [5.74, 6) is 1.78. The third-order valence-electron chi connectivity index (χ3n) is 7.71. The maximum absolute atomic E-state index is 14.6. The fourth-order valence-electron chi connectivity index (χ4n) is 5.98. The maximum Gasteiger partial charge on any atom is 0.231 e. The molecule has 0 amide bonds. The Bertz CT molecular complexity index is 1610. The number of aromatic nitrogens is 6. The molecule has 4 atom stereocenters. The minimum Gasteiger partial charge on any atom is -0.386 e. The summed E-state index contributed by atoms with van der Waals surface area (Å²) in [6.07, 6.45) is 6.11. The van der Waals surface area contributed by atoms with E-state index in [1.54, 1.807) is 36.2 Å². The molecule has 1 saturated heterocycles. The van der Waals surface area contributed by atoms with Crippen molar-refractivity contribution < 1.29 is 4.39 Å². The lowest BCUT2D eigenvalue weighted by Crippen LogP contribution is -2.41. The van der Waals surface area contributed by atoms with Gasteiger partial charge in [0.25, 0.3) is 0 Å². The molecular weight excluding hydrogens is 447 g/mol. The van der Waals surface area contributed by atoms with Crippen molar-refractivity contribution in [2.24, 2.45) is 17.6 Å². The SMILES string of the molecule is CNc1cc(F)cc2c1[nH]c1nc(Nc3cnn4ccnc4c3)nc(N3C[C@H]4[C@@H](C)[C@@H]3C[C@H]4N)c12. The van der Waals surface area contributed by atoms with Gasteiger partial charge >= 0.3 is 0 Å². The summed E-state index contributed by atoms with van der Waals surface area (Å²) in [7, 11) is 1.78. The predicted molar refractivity (Wildman–Crippen MR) is 134 cm³/mol. The van der Waals surface area contributed by atoms with Gasteiger partial charge in [-0.3, -0.25) is 0 Å². The normalized spacial score (nSPS) is 23.7. The Morgan fingerprint density at radius 3 is 2.89 bits per heavy atom. The summed E-state index contributed by atoms with van der Waals surface area (Å²) in [5, 5.41) is 12.3. The second-order valence-corrected chi connectivity index (χ2v) is 9.59. The van der Waals surface area contributed by atoms with E-state index >= 15 is 0 Å². The minimum atomic E-state index is -0.312. The Morgan fingerprint density at radius 2 is 2.11 bits per heavy atom. The van der Waals surface area contributed by atoms with Crippen LogP contribution in [0.5, 0.6) is 0 Å². The number of hydrogen-bond donors (Lipinski definition) is 4. The molecule has 4 aromatic heterocycles. The second-order valence-electron chi connectivity index (χ2n) is 9.59. The van der Waals surface area contributed by atoms with Crippen LogP contribution in [-0.2, 0) is 0 Å². The lowest BCUT2D eigenvalue weighted by atomic mass is 9.98. The van der Waals surface area contributed by atoms with E-state index in [0.717, 1.165) is 46.4 Å². The van der Waals surface area contributed by atoms with Crippen molar-refractivity contribution in [3.05, 3.63) is 42.6 Å². The summed E-state index contributed by atoms with van der Waals surface area (Å²) in [6, 6.07) is 5.40. The second kappa shape index (κ2) is 7.25. The topological polar surface area (TPSA) is 125 Å². The number of rotatable bonds is 4. The molecule has 2 fully saturated rings. The molecule has 10 nitrogen and oxygen atoms in total. The van der Waals surface area contributed by atoms with E-state index in [2.05, 4.69) is 37.5 Å². The molecule has 5 aromatic rings. The molecule has 1 aliphatic carbocycles. The van der Waals surface area contributed by atoms with Crippen LogP contribution in [0.25, 0.3) is 27.6 Å². The van der Waals surface area contributed by atoms with Gasteiger partial charge in [-0.15, -0.1) is 0 Å². The van der Waals surface area contributed by atoms with Gasteiger partial charge in [0.2, 0.25) is 5.95 Å². The molecule has 0 radical (unpaired) electrons. The largest absolute Gasteiger partial charge is 0.386 e. The summed E-state index contributed by atoms with van der Waals surface area (Å²) >= 11 is 0. The highest BCUT2D eigenvalue weighted by Crippen LogP contribution is 2.46. The summed E-state index contributed by atoms with van der Waals surface area (Å²) in [4.78, 5) is 19.8. The van der Waals surface area contributed by atoms with Crippen molar-refractivity contribution in [1.29, 1.82) is 0 Å². The quantitative estimate of drug-likeness (QED) is 0.314. The Kier molecular flexibility index (Phi) is 4.23. The number of nitrogens with one attached hydrogen (secondary N) is 3. The number of imidazole rings is 1. The predicted octanol–water partition coefficient (Wildman–Crippen LogP) is 3.25. The van der Waals surface area contributed by atoms with E-state index in [1.807, 2.05) is 6.07 Å². The highest BCUT2D eigenvalue weighted by atomic mass is 19.1. The molecule has 1 aromatic carbocycles. The van der Waals surface area contributed by atoms with E-state index in [1.165, 1.54) is 6.07 Å². The molecule has 35 heavy (non-hydrogen) atoms. The van der Waals surface area contributed by atoms with Gasteiger partial charge in [0.05, 0.1) is 28.5 Å². The van der Waals surface area contributed by atoms with Gasteiger partial charge in [0.1, 0.15) is 17.3 Å². The summed E-state index contributed by atoms with van der Waals surface area (Å²) in [5.41, 5.74) is 9.97. The molecule has 5 heterocycles. The molecule has 0 spiro atoms. The molecule has 5 N–H and O–H groups in total. The van der Waals surface area contributed by atoms with Crippen molar-refractivity contribution in [2.45, 2.75) is 25.4 Å². The number of nitrogens with zero attached hydrogens (tertiary/aromatic N) is 6. The average Bonchev–Trinajstić information content (AvgIpc) is 3.59. The minimum absolute atomic E-state index is 0.199. The monoisotopic (exact) mass is 472 g/mol. The standard InChI is InChI=1S/C24H25FN10/c1-11-15-10-34(18(11)8-16(15)26)23-20-14-5-12(25)6-17(27-2)21(14)31-22(20)32-24(33-23)30-13-7-19-28-3-4-35(19)29-9-13/h3-7,9,11,15-16,18,27H,8,10,26H2,1-2H3,(H2,30,31,32,33)/t11-,15+,16-,18+/m1/s1. The Morgan fingerprint density at radius 1 is 1.23 bits per heavy atom. The molecule has 0 unspecified atom stereocenters. The molecule has 11 heteroatoms. The number of benzene rings is 1. The number of fused-ring (bicyclic) bond motifs is 6. The van der Waals surface area contributed by atoms with Gasteiger partial charge in [0.15, 0.2) is 5.65 Å². The van der Waals surface area contributed by atoms with Gasteiger partial charge in [-0.2, -0.15) is 15.1 Å². The highest BCUT2D eigenvalue weighted by Gasteiger charge is 2.49. The van der Waals surface area contributed by atoms with Gasteiger partial charge in [-0.25, -0.2) is 13.9 Å². The first kappa shape index (κ1) is 20.4. The average molecular weight is 473 g/mol. The third-order valence-corrected chi connectivity index (χ3v) is 7.71. The number of hydrogen-bond acceptors (Lipinski definition) is 8. The fraction of sp³-hybridized carbons (Fsp3) is 0.333. The van der Waals surface area contributed by atoms with Crippen LogP contribution < -0.4 is 21.3 Å². The zero-order valence-corrected chi connectivity index (χ0v) is 19.3. The number of anilines is 4. The van der Waals surface area contributed by atoms with Crippen molar-refractivity contribution in [3.63, 3.8) is 0 Å². The molecule has 1 saturated carbocycles. The first-order valence-electron chi connectivity index (χ1n) is 11.8. The van der Waals surface area contributed by atoms with Gasteiger partial charge in [-0.1, -0.05) is 6.92 Å². The molecule has 1 aliphatic heterocycles. The van der Waals surface area contributed by atoms with E-state index in [4.69, 9.17) is 15.7 Å². The van der Waals surface area contributed by atoms with Crippen LogP contribution in [0.1, 0.15) is 13.3 Å². The first-order chi connectivity index (χ1) is 17.0.